The predicted molar refractivity (Wildman–Crippen MR) is 127 cm³/mol. The molecular weight excluding hydrogens is 426 g/mol. The van der Waals surface area contributed by atoms with E-state index in [4.69, 9.17) is 4.74 Å². The van der Waals surface area contributed by atoms with Crippen molar-refractivity contribution in [3.8, 4) is 5.75 Å². The Bertz CT molecular complexity index is 1030. The molecule has 2 N–H and O–H groups in total. The van der Waals surface area contributed by atoms with Gasteiger partial charge in [0.15, 0.2) is 0 Å². The minimum Gasteiger partial charge on any atom is -0.497 e. The van der Waals surface area contributed by atoms with Crippen LogP contribution >= 0.6 is 12.4 Å². The van der Waals surface area contributed by atoms with Gasteiger partial charge in [-0.15, -0.1) is 12.4 Å². The normalized spacial score (nSPS) is 23.0. The van der Waals surface area contributed by atoms with Crippen LogP contribution in [0.5, 0.6) is 5.75 Å². The van der Waals surface area contributed by atoms with Crippen molar-refractivity contribution in [3.63, 3.8) is 0 Å². The molecule has 1 amide bonds. The number of carbonyl (C=O) groups is 1. The highest BCUT2D eigenvalue weighted by molar-refractivity contribution is 5.93. The van der Waals surface area contributed by atoms with Crippen molar-refractivity contribution in [2.45, 2.75) is 50.0 Å². The number of rotatable bonds is 5. The number of benzene rings is 1. The molecule has 1 aromatic heterocycles. The maximum Gasteiger partial charge on any atom is 0.263 e. The molecule has 2 aliphatic heterocycles. The monoisotopic (exact) mass is 457 g/mol. The molecule has 2 atom stereocenters. The molecule has 3 aliphatic rings. The molecule has 0 unspecified atom stereocenters. The van der Waals surface area contributed by atoms with Crippen LogP contribution in [-0.4, -0.2) is 37.2 Å². The van der Waals surface area contributed by atoms with Gasteiger partial charge in [-0.3, -0.25) is 9.59 Å². The van der Waals surface area contributed by atoms with Crippen LogP contribution in [0.1, 0.15) is 59.6 Å². The molecule has 32 heavy (non-hydrogen) atoms. The smallest absolute Gasteiger partial charge is 0.263 e. The Morgan fingerprint density at radius 3 is 2.62 bits per heavy atom. The Labute approximate surface area is 195 Å². The zero-order chi connectivity index (χ0) is 21.4. The summed E-state index contributed by atoms with van der Waals surface area (Å²) in [6.07, 6.45) is 5.51. The highest BCUT2D eigenvalue weighted by Gasteiger charge is 2.37. The number of halogens is 1. The fourth-order valence-electron chi connectivity index (χ4n) is 5.87. The second kappa shape index (κ2) is 9.28. The molecular formula is C25H32ClN3O3. The van der Waals surface area contributed by atoms with Crippen molar-refractivity contribution in [1.29, 1.82) is 0 Å². The molecule has 2 fully saturated rings. The van der Waals surface area contributed by atoms with Gasteiger partial charge in [-0.05, 0) is 61.6 Å². The zero-order valence-electron chi connectivity index (χ0n) is 18.6. The third-order valence-corrected chi connectivity index (χ3v) is 7.60. The zero-order valence-corrected chi connectivity index (χ0v) is 19.4. The lowest BCUT2D eigenvalue weighted by Crippen LogP contribution is -2.47. The van der Waals surface area contributed by atoms with Gasteiger partial charge >= 0.3 is 0 Å². The van der Waals surface area contributed by atoms with E-state index in [2.05, 4.69) is 22.8 Å². The van der Waals surface area contributed by atoms with Crippen LogP contribution in [0.15, 0.2) is 41.2 Å². The van der Waals surface area contributed by atoms with Gasteiger partial charge in [0, 0.05) is 36.7 Å². The van der Waals surface area contributed by atoms with Crippen molar-refractivity contribution in [2.75, 3.05) is 26.7 Å². The van der Waals surface area contributed by atoms with E-state index in [-0.39, 0.29) is 34.9 Å². The molecule has 2 bridgehead atoms. The lowest BCUT2D eigenvalue weighted by molar-refractivity contribution is 0.0940. The molecule has 6 nitrogen and oxygen atoms in total. The van der Waals surface area contributed by atoms with Crippen LogP contribution in [0.3, 0.4) is 0 Å². The fraction of sp³-hybridized carbons (Fsp3) is 0.520. The second-order valence-electron chi connectivity index (χ2n) is 9.44. The van der Waals surface area contributed by atoms with Crippen molar-refractivity contribution < 1.29 is 9.53 Å². The first kappa shape index (κ1) is 22.9. The SMILES string of the molecule is COc1ccc(C2(CNC(=O)c3ccc4n(c3=O)C[C@@H]3CNC[C@H]4C3)CCCC2)cc1.Cl. The van der Waals surface area contributed by atoms with Crippen LogP contribution in [0.2, 0.25) is 0 Å². The molecule has 172 valence electrons. The van der Waals surface area contributed by atoms with E-state index in [1.165, 1.54) is 5.56 Å². The van der Waals surface area contributed by atoms with Crippen molar-refractivity contribution in [3.05, 3.63) is 63.6 Å². The lowest BCUT2D eigenvalue weighted by atomic mass is 9.78. The summed E-state index contributed by atoms with van der Waals surface area (Å²) in [6.45, 7) is 3.11. The van der Waals surface area contributed by atoms with Crippen molar-refractivity contribution in [1.82, 2.24) is 15.2 Å². The van der Waals surface area contributed by atoms with Crippen LogP contribution in [0, 0.1) is 5.92 Å². The van der Waals surface area contributed by atoms with E-state index in [0.29, 0.717) is 24.9 Å². The minimum atomic E-state index is -0.256. The van der Waals surface area contributed by atoms with E-state index in [1.54, 1.807) is 13.2 Å². The summed E-state index contributed by atoms with van der Waals surface area (Å²) >= 11 is 0. The molecule has 5 rings (SSSR count). The number of aromatic nitrogens is 1. The first-order chi connectivity index (χ1) is 15.1. The summed E-state index contributed by atoms with van der Waals surface area (Å²) in [6, 6.07) is 11.9. The molecule has 1 saturated heterocycles. The molecule has 1 aromatic carbocycles. The summed E-state index contributed by atoms with van der Waals surface area (Å²) in [5.41, 5.74) is 2.34. The van der Waals surface area contributed by atoms with Gasteiger partial charge in [0.2, 0.25) is 0 Å². The third kappa shape index (κ3) is 4.06. The molecule has 1 saturated carbocycles. The minimum absolute atomic E-state index is 0. The third-order valence-electron chi connectivity index (χ3n) is 7.60. The Morgan fingerprint density at radius 1 is 1.16 bits per heavy atom. The Morgan fingerprint density at radius 2 is 1.91 bits per heavy atom. The number of hydrogen-bond donors (Lipinski definition) is 2. The van der Waals surface area contributed by atoms with E-state index in [1.807, 2.05) is 22.8 Å². The molecule has 0 spiro atoms. The number of amides is 1. The topological polar surface area (TPSA) is 72.4 Å². The average molecular weight is 458 g/mol. The van der Waals surface area contributed by atoms with Gasteiger partial charge in [0.1, 0.15) is 11.3 Å². The van der Waals surface area contributed by atoms with Crippen LogP contribution in [-0.2, 0) is 12.0 Å². The average Bonchev–Trinajstić information content (AvgIpc) is 3.29. The highest BCUT2D eigenvalue weighted by atomic mass is 35.5. The van der Waals surface area contributed by atoms with E-state index < -0.39 is 0 Å². The molecule has 3 heterocycles. The number of fused-ring (bicyclic) bond motifs is 4. The number of carbonyl (C=O) groups excluding carboxylic acids is 1. The number of nitrogens with one attached hydrogen (secondary N) is 2. The molecule has 2 aromatic rings. The summed E-state index contributed by atoms with van der Waals surface area (Å²) in [7, 11) is 1.67. The first-order valence-corrected chi connectivity index (χ1v) is 11.5. The molecule has 0 radical (unpaired) electrons. The number of pyridine rings is 1. The van der Waals surface area contributed by atoms with Crippen LogP contribution < -0.4 is 20.9 Å². The highest BCUT2D eigenvalue weighted by Crippen LogP contribution is 2.41. The van der Waals surface area contributed by atoms with Crippen LogP contribution in [0.25, 0.3) is 0 Å². The van der Waals surface area contributed by atoms with Gasteiger partial charge < -0.3 is 19.9 Å². The maximum absolute atomic E-state index is 13.2. The number of hydrogen-bond acceptors (Lipinski definition) is 4. The predicted octanol–water partition coefficient (Wildman–Crippen LogP) is 3.23. The molecule has 7 heteroatoms. The maximum atomic E-state index is 13.2. The van der Waals surface area contributed by atoms with Crippen molar-refractivity contribution >= 4 is 18.3 Å². The Hall–Kier alpha value is -2.31. The standard InChI is InChI=1S/C25H31N3O3.ClH/c1-31-20-6-4-19(5-7-20)25(10-2-3-11-25)16-27-23(29)21-8-9-22-18-12-17(13-26-14-18)15-28(22)24(21)30;/h4-9,17-18,26H,2-3,10-16H2,1H3,(H,27,29);1H/t17-,18+;/m0./s1. The van der Waals surface area contributed by atoms with E-state index in [0.717, 1.165) is 56.6 Å². The lowest BCUT2D eigenvalue weighted by Gasteiger charge is -2.37. The van der Waals surface area contributed by atoms with Gasteiger partial charge in [-0.25, -0.2) is 0 Å². The Kier molecular flexibility index (Phi) is 6.63. The van der Waals surface area contributed by atoms with E-state index in [9.17, 15) is 9.59 Å². The quantitative estimate of drug-likeness (QED) is 0.723. The number of ether oxygens (including phenoxy) is 1. The van der Waals surface area contributed by atoms with Gasteiger partial charge in [0.25, 0.3) is 11.5 Å². The van der Waals surface area contributed by atoms with Gasteiger partial charge in [-0.2, -0.15) is 0 Å². The van der Waals surface area contributed by atoms with Gasteiger partial charge in [0.05, 0.1) is 7.11 Å². The summed E-state index contributed by atoms with van der Waals surface area (Å²) in [5, 5.41) is 6.57. The number of piperidine rings is 1. The first-order valence-electron chi connectivity index (χ1n) is 11.5. The van der Waals surface area contributed by atoms with Crippen molar-refractivity contribution in [2.24, 2.45) is 5.92 Å². The summed E-state index contributed by atoms with van der Waals surface area (Å²) < 4.78 is 7.15. The molecule has 1 aliphatic carbocycles. The second-order valence-corrected chi connectivity index (χ2v) is 9.44. The number of methoxy groups -OCH3 is 1. The summed E-state index contributed by atoms with van der Waals surface area (Å²) in [5.74, 6) is 1.42. The fourth-order valence-corrected chi connectivity index (χ4v) is 5.87. The number of nitrogens with zero attached hydrogens (tertiary/aromatic N) is 1. The van der Waals surface area contributed by atoms with E-state index >= 15 is 0 Å². The van der Waals surface area contributed by atoms with Gasteiger partial charge in [-0.1, -0.05) is 25.0 Å². The summed E-state index contributed by atoms with van der Waals surface area (Å²) in [4.78, 5) is 26.2. The largest absolute Gasteiger partial charge is 0.497 e. The van der Waals surface area contributed by atoms with Crippen LogP contribution in [0.4, 0.5) is 0 Å². The Balaban J connectivity index is 0.00000245.